The number of nitrogens with zero attached hydrogens (tertiary/aromatic N) is 2. The first kappa shape index (κ1) is 18.1. The van der Waals surface area contributed by atoms with Gasteiger partial charge in [0.2, 0.25) is 0 Å². The zero-order valence-corrected chi connectivity index (χ0v) is 15.2. The fraction of sp³-hybridized carbons (Fsp3) is 0.263. The maximum atomic E-state index is 12.1. The number of benzene rings is 1. The third-order valence-electron chi connectivity index (χ3n) is 3.67. The monoisotopic (exact) mass is 373 g/mol. The number of hydrogen-bond donors (Lipinski definition) is 1. The quantitative estimate of drug-likeness (QED) is 0.609. The highest BCUT2D eigenvalue weighted by Crippen LogP contribution is 2.19. The minimum atomic E-state index is -0.240. The molecule has 1 N–H and O–H groups in total. The van der Waals surface area contributed by atoms with Gasteiger partial charge in [-0.1, -0.05) is 17.7 Å². The molecule has 26 heavy (non-hydrogen) atoms. The highest BCUT2D eigenvalue weighted by atomic mass is 35.5. The average Bonchev–Trinajstić information content (AvgIpc) is 3.26. The van der Waals surface area contributed by atoms with Crippen LogP contribution in [-0.4, -0.2) is 22.2 Å². The average molecular weight is 374 g/mol. The van der Waals surface area contributed by atoms with Crippen LogP contribution in [0.3, 0.4) is 0 Å². The SMILES string of the molecule is Cc1cnn(CCCNC(=O)c2ccc(COc3cccc(Cl)c3)o2)c1. The summed E-state index contributed by atoms with van der Waals surface area (Å²) in [7, 11) is 0. The van der Waals surface area contributed by atoms with E-state index in [0.29, 0.717) is 23.1 Å². The van der Waals surface area contributed by atoms with E-state index in [-0.39, 0.29) is 18.3 Å². The Morgan fingerprint density at radius 3 is 3.00 bits per heavy atom. The number of furan rings is 1. The van der Waals surface area contributed by atoms with E-state index in [2.05, 4.69) is 10.4 Å². The lowest BCUT2D eigenvalue weighted by molar-refractivity contribution is 0.0921. The largest absolute Gasteiger partial charge is 0.486 e. The molecule has 0 atom stereocenters. The molecule has 2 heterocycles. The second-order valence-corrected chi connectivity index (χ2v) is 6.34. The number of nitrogens with one attached hydrogen (secondary N) is 1. The molecule has 0 bridgehead atoms. The van der Waals surface area contributed by atoms with Crippen molar-refractivity contribution in [1.82, 2.24) is 15.1 Å². The number of hydrogen-bond acceptors (Lipinski definition) is 4. The van der Waals surface area contributed by atoms with Gasteiger partial charge in [0.05, 0.1) is 6.20 Å². The number of halogens is 1. The first-order valence-electron chi connectivity index (χ1n) is 8.34. The number of carbonyl (C=O) groups excluding carboxylic acids is 1. The molecule has 7 heteroatoms. The van der Waals surface area contributed by atoms with Crippen molar-refractivity contribution in [3.8, 4) is 5.75 Å². The summed E-state index contributed by atoms with van der Waals surface area (Å²) in [4.78, 5) is 12.1. The van der Waals surface area contributed by atoms with Crippen LogP contribution in [0.5, 0.6) is 5.75 Å². The van der Waals surface area contributed by atoms with Crippen LogP contribution in [0, 0.1) is 6.92 Å². The number of amides is 1. The number of aromatic nitrogens is 2. The molecule has 1 amide bonds. The summed E-state index contributed by atoms with van der Waals surface area (Å²) in [6.45, 7) is 3.53. The van der Waals surface area contributed by atoms with Gasteiger partial charge in [0.1, 0.15) is 18.1 Å². The van der Waals surface area contributed by atoms with Gasteiger partial charge in [0.15, 0.2) is 5.76 Å². The Morgan fingerprint density at radius 1 is 1.35 bits per heavy atom. The second-order valence-electron chi connectivity index (χ2n) is 5.90. The van der Waals surface area contributed by atoms with Gasteiger partial charge < -0.3 is 14.5 Å². The van der Waals surface area contributed by atoms with Crippen molar-refractivity contribution in [3.63, 3.8) is 0 Å². The summed E-state index contributed by atoms with van der Waals surface area (Å²) >= 11 is 5.91. The van der Waals surface area contributed by atoms with Gasteiger partial charge in [-0.25, -0.2) is 0 Å². The van der Waals surface area contributed by atoms with Crippen molar-refractivity contribution in [2.24, 2.45) is 0 Å². The highest BCUT2D eigenvalue weighted by Gasteiger charge is 2.11. The molecule has 0 unspecified atom stereocenters. The van der Waals surface area contributed by atoms with Gasteiger partial charge in [-0.2, -0.15) is 5.10 Å². The summed E-state index contributed by atoms with van der Waals surface area (Å²) in [5, 5.41) is 7.65. The lowest BCUT2D eigenvalue weighted by atomic mass is 10.3. The van der Waals surface area contributed by atoms with E-state index < -0.39 is 0 Å². The molecular formula is C19H20ClN3O3. The van der Waals surface area contributed by atoms with E-state index in [4.69, 9.17) is 20.8 Å². The van der Waals surface area contributed by atoms with Gasteiger partial charge in [0.25, 0.3) is 5.91 Å². The van der Waals surface area contributed by atoms with Crippen molar-refractivity contribution in [1.29, 1.82) is 0 Å². The molecule has 0 aliphatic rings. The summed E-state index contributed by atoms with van der Waals surface area (Å²) in [6.07, 6.45) is 4.58. The Labute approximate surface area is 156 Å². The maximum Gasteiger partial charge on any atom is 0.286 e. The predicted octanol–water partition coefficient (Wildman–Crippen LogP) is 3.84. The lowest BCUT2D eigenvalue weighted by Gasteiger charge is -2.05. The highest BCUT2D eigenvalue weighted by molar-refractivity contribution is 6.30. The van der Waals surface area contributed by atoms with Crippen LogP contribution in [0.25, 0.3) is 0 Å². The molecule has 0 aliphatic heterocycles. The van der Waals surface area contributed by atoms with Gasteiger partial charge in [-0.3, -0.25) is 9.48 Å². The van der Waals surface area contributed by atoms with E-state index >= 15 is 0 Å². The van der Waals surface area contributed by atoms with Gasteiger partial charge in [-0.05, 0) is 49.2 Å². The summed E-state index contributed by atoms with van der Waals surface area (Å²) in [5.41, 5.74) is 1.12. The van der Waals surface area contributed by atoms with Gasteiger partial charge >= 0.3 is 0 Å². The smallest absolute Gasteiger partial charge is 0.286 e. The number of rotatable bonds is 8. The third kappa shape index (κ3) is 5.13. The first-order chi connectivity index (χ1) is 12.6. The van der Waals surface area contributed by atoms with E-state index in [1.807, 2.05) is 36.1 Å². The van der Waals surface area contributed by atoms with Crippen LogP contribution < -0.4 is 10.1 Å². The molecule has 0 spiro atoms. The number of ether oxygens (including phenoxy) is 1. The van der Waals surface area contributed by atoms with Crippen LogP contribution in [0.4, 0.5) is 0 Å². The first-order valence-corrected chi connectivity index (χ1v) is 8.72. The van der Waals surface area contributed by atoms with Crippen molar-refractivity contribution in [3.05, 3.63) is 70.9 Å². The molecule has 0 saturated heterocycles. The predicted molar refractivity (Wildman–Crippen MR) is 98.4 cm³/mol. The zero-order chi connectivity index (χ0) is 18.4. The Morgan fingerprint density at radius 2 is 2.23 bits per heavy atom. The van der Waals surface area contributed by atoms with Gasteiger partial charge in [0, 0.05) is 24.3 Å². The summed E-state index contributed by atoms with van der Waals surface area (Å²) in [5.74, 6) is 1.25. The Balaban J connectivity index is 1.42. The molecule has 3 rings (SSSR count). The molecule has 0 saturated carbocycles. The summed E-state index contributed by atoms with van der Waals surface area (Å²) < 4.78 is 13.0. The Hall–Kier alpha value is -2.73. The molecule has 3 aromatic rings. The van der Waals surface area contributed by atoms with Gasteiger partial charge in [-0.15, -0.1) is 0 Å². The van der Waals surface area contributed by atoms with E-state index in [0.717, 1.165) is 18.5 Å². The molecule has 0 aliphatic carbocycles. The van der Waals surface area contributed by atoms with Crippen LogP contribution >= 0.6 is 11.6 Å². The fourth-order valence-corrected chi connectivity index (χ4v) is 2.59. The van der Waals surface area contributed by atoms with Crippen LogP contribution in [-0.2, 0) is 13.2 Å². The van der Waals surface area contributed by atoms with Crippen molar-refractivity contribution < 1.29 is 13.9 Å². The standard InChI is InChI=1S/C19H20ClN3O3/c1-14-11-22-23(12-14)9-3-8-21-19(24)18-7-6-17(26-18)13-25-16-5-2-4-15(20)10-16/h2,4-7,10-12H,3,8-9,13H2,1H3,(H,21,24). The van der Waals surface area contributed by atoms with Crippen molar-refractivity contribution in [2.75, 3.05) is 6.54 Å². The molecule has 136 valence electrons. The molecule has 0 fully saturated rings. The van der Waals surface area contributed by atoms with E-state index in [1.165, 1.54) is 0 Å². The van der Waals surface area contributed by atoms with Crippen LogP contribution in [0.2, 0.25) is 5.02 Å². The molecule has 6 nitrogen and oxygen atoms in total. The van der Waals surface area contributed by atoms with E-state index in [9.17, 15) is 4.79 Å². The third-order valence-corrected chi connectivity index (χ3v) is 3.91. The Kier molecular flexibility index (Phi) is 5.96. The van der Waals surface area contributed by atoms with Crippen molar-refractivity contribution in [2.45, 2.75) is 26.5 Å². The maximum absolute atomic E-state index is 12.1. The molecule has 1 aromatic carbocycles. The summed E-state index contributed by atoms with van der Waals surface area (Å²) in [6, 6.07) is 10.5. The number of carbonyl (C=O) groups is 1. The normalized spacial score (nSPS) is 10.7. The second kappa shape index (κ2) is 8.58. The lowest BCUT2D eigenvalue weighted by Crippen LogP contribution is -2.24. The van der Waals surface area contributed by atoms with Crippen LogP contribution in [0.15, 0.2) is 53.2 Å². The van der Waals surface area contributed by atoms with Crippen LogP contribution in [0.1, 0.15) is 28.3 Å². The number of aryl methyl sites for hydroxylation is 2. The minimum Gasteiger partial charge on any atom is -0.486 e. The fourth-order valence-electron chi connectivity index (χ4n) is 2.41. The molecule has 0 radical (unpaired) electrons. The minimum absolute atomic E-state index is 0.228. The zero-order valence-electron chi connectivity index (χ0n) is 14.4. The molecular weight excluding hydrogens is 354 g/mol. The van der Waals surface area contributed by atoms with E-state index in [1.54, 1.807) is 24.3 Å². The Bertz CT molecular complexity index is 872. The molecule has 2 aromatic heterocycles. The van der Waals surface area contributed by atoms with Crippen molar-refractivity contribution >= 4 is 17.5 Å². The topological polar surface area (TPSA) is 69.3 Å².